The van der Waals surface area contributed by atoms with E-state index >= 15 is 0 Å². The Morgan fingerprint density at radius 3 is 3.04 bits per heavy atom. The minimum Gasteiger partial charge on any atom is -0.392 e. The zero-order valence-corrected chi connectivity index (χ0v) is 14.3. The lowest BCUT2D eigenvalue weighted by atomic mass is 9.91. The summed E-state index contributed by atoms with van der Waals surface area (Å²) < 4.78 is 8.00. The molecule has 2 aromatic rings. The van der Waals surface area contributed by atoms with Gasteiger partial charge < -0.3 is 15.2 Å². The number of hydrogen-bond acceptors (Lipinski definition) is 4. The lowest BCUT2D eigenvalue weighted by Crippen LogP contribution is -2.31. The minimum absolute atomic E-state index is 0.0911. The van der Waals surface area contributed by atoms with Gasteiger partial charge in [-0.25, -0.2) is 0 Å². The number of nitrogens with one attached hydrogen (secondary N) is 1. The standard InChI is InChI=1S/C19H27N3O2/c1-2-22-13-18(12-21-22)19-17(7-4-8-24-19)11-20-10-15-5-3-6-16(9-15)14-23/h3,5-6,9,12-13,17,19-20,23H,2,4,7-8,10-11,14H2,1H3/t17-,19+/m0/s1. The van der Waals surface area contributed by atoms with Crippen LogP contribution in [-0.2, 0) is 24.4 Å². The predicted octanol–water partition coefficient (Wildman–Crippen LogP) is 2.65. The minimum atomic E-state index is 0.0911. The number of aliphatic hydroxyl groups excluding tert-OH is 1. The number of nitrogens with zero attached hydrogens (tertiary/aromatic N) is 2. The van der Waals surface area contributed by atoms with Crippen molar-refractivity contribution in [3.8, 4) is 0 Å². The summed E-state index contributed by atoms with van der Waals surface area (Å²) in [6.07, 6.45) is 6.47. The Labute approximate surface area is 143 Å². The molecule has 1 saturated heterocycles. The van der Waals surface area contributed by atoms with E-state index in [0.29, 0.717) is 5.92 Å². The van der Waals surface area contributed by atoms with Crippen LogP contribution in [0.2, 0.25) is 0 Å². The van der Waals surface area contributed by atoms with Gasteiger partial charge in [0, 0.05) is 43.9 Å². The highest BCUT2D eigenvalue weighted by Crippen LogP contribution is 2.33. The number of hydrogen-bond donors (Lipinski definition) is 2. The van der Waals surface area contributed by atoms with Crippen LogP contribution < -0.4 is 5.32 Å². The van der Waals surface area contributed by atoms with Crippen molar-refractivity contribution in [2.45, 2.75) is 45.6 Å². The monoisotopic (exact) mass is 329 g/mol. The Kier molecular flexibility index (Phi) is 6.01. The van der Waals surface area contributed by atoms with E-state index in [1.165, 1.54) is 17.5 Å². The number of benzene rings is 1. The first-order valence-corrected chi connectivity index (χ1v) is 8.83. The summed E-state index contributed by atoms with van der Waals surface area (Å²) in [7, 11) is 0. The number of aliphatic hydroxyl groups is 1. The highest BCUT2D eigenvalue weighted by molar-refractivity contribution is 5.22. The Hall–Kier alpha value is -1.69. The predicted molar refractivity (Wildman–Crippen MR) is 93.4 cm³/mol. The van der Waals surface area contributed by atoms with Crippen LogP contribution in [-0.4, -0.2) is 28.0 Å². The van der Waals surface area contributed by atoms with E-state index in [-0.39, 0.29) is 12.7 Å². The third kappa shape index (κ3) is 4.23. The van der Waals surface area contributed by atoms with Crippen molar-refractivity contribution in [3.63, 3.8) is 0 Å². The van der Waals surface area contributed by atoms with Crippen LogP contribution in [0.5, 0.6) is 0 Å². The maximum absolute atomic E-state index is 9.23. The maximum Gasteiger partial charge on any atom is 0.0895 e. The second kappa shape index (κ2) is 8.42. The van der Waals surface area contributed by atoms with E-state index in [9.17, 15) is 5.11 Å². The van der Waals surface area contributed by atoms with Crippen molar-refractivity contribution in [1.29, 1.82) is 0 Å². The molecule has 5 nitrogen and oxygen atoms in total. The topological polar surface area (TPSA) is 59.3 Å². The molecule has 2 atom stereocenters. The van der Waals surface area contributed by atoms with Gasteiger partial charge in [-0.3, -0.25) is 4.68 Å². The van der Waals surface area contributed by atoms with Gasteiger partial charge in [-0.15, -0.1) is 0 Å². The van der Waals surface area contributed by atoms with E-state index in [1.54, 1.807) is 0 Å². The van der Waals surface area contributed by atoms with Crippen molar-refractivity contribution in [3.05, 3.63) is 53.3 Å². The molecular weight excluding hydrogens is 302 g/mol. The quantitative estimate of drug-likeness (QED) is 0.820. The van der Waals surface area contributed by atoms with Gasteiger partial charge in [-0.2, -0.15) is 5.10 Å². The molecule has 0 saturated carbocycles. The molecule has 2 N–H and O–H groups in total. The van der Waals surface area contributed by atoms with E-state index in [1.807, 2.05) is 29.1 Å². The van der Waals surface area contributed by atoms with Gasteiger partial charge in [0.15, 0.2) is 0 Å². The van der Waals surface area contributed by atoms with Gasteiger partial charge in [0.1, 0.15) is 0 Å². The average Bonchev–Trinajstić information content (AvgIpc) is 3.11. The van der Waals surface area contributed by atoms with E-state index < -0.39 is 0 Å². The summed E-state index contributed by atoms with van der Waals surface area (Å²) in [5.74, 6) is 0.467. The van der Waals surface area contributed by atoms with Crippen LogP contribution in [0.1, 0.15) is 42.6 Å². The molecule has 24 heavy (non-hydrogen) atoms. The average molecular weight is 329 g/mol. The van der Waals surface area contributed by atoms with E-state index in [4.69, 9.17) is 4.74 Å². The summed E-state index contributed by atoms with van der Waals surface area (Å²) in [6, 6.07) is 8.08. The summed E-state index contributed by atoms with van der Waals surface area (Å²) in [6.45, 7) is 5.64. The summed E-state index contributed by atoms with van der Waals surface area (Å²) in [4.78, 5) is 0. The van der Waals surface area contributed by atoms with Gasteiger partial charge in [-0.05, 0) is 30.9 Å². The van der Waals surface area contributed by atoms with E-state index in [2.05, 4.69) is 29.6 Å². The first-order valence-electron chi connectivity index (χ1n) is 8.83. The van der Waals surface area contributed by atoms with Crippen molar-refractivity contribution in [1.82, 2.24) is 15.1 Å². The second-order valence-corrected chi connectivity index (χ2v) is 6.43. The Balaban J connectivity index is 1.57. The molecule has 2 heterocycles. The molecule has 1 aromatic heterocycles. The fourth-order valence-corrected chi connectivity index (χ4v) is 3.36. The van der Waals surface area contributed by atoms with Crippen molar-refractivity contribution >= 4 is 0 Å². The Morgan fingerprint density at radius 1 is 1.38 bits per heavy atom. The van der Waals surface area contributed by atoms with Gasteiger partial charge >= 0.3 is 0 Å². The first kappa shape index (κ1) is 17.1. The van der Waals surface area contributed by atoms with Crippen LogP contribution >= 0.6 is 0 Å². The number of ether oxygens (including phenoxy) is 1. The van der Waals surface area contributed by atoms with Gasteiger partial charge in [0.25, 0.3) is 0 Å². The molecule has 0 radical (unpaired) electrons. The molecular formula is C19H27N3O2. The SMILES string of the molecule is CCn1cc([C@@H]2OCCC[C@H]2CNCc2cccc(CO)c2)cn1. The lowest BCUT2D eigenvalue weighted by molar-refractivity contribution is -0.0279. The summed E-state index contributed by atoms with van der Waals surface area (Å²) in [5, 5.41) is 17.2. The van der Waals surface area contributed by atoms with Crippen LogP contribution in [0, 0.1) is 5.92 Å². The summed E-state index contributed by atoms with van der Waals surface area (Å²) >= 11 is 0. The van der Waals surface area contributed by atoms with Crippen LogP contribution in [0.4, 0.5) is 0 Å². The molecule has 0 unspecified atom stereocenters. The molecule has 0 spiro atoms. The van der Waals surface area contributed by atoms with Crippen molar-refractivity contribution < 1.29 is 9.84 Å². The first-order chi connectivity index (χ1) is 11.8. The van der Waals surface area contributed by atoms with Crippen LogP contribution in [0.3, 0.4) is 0 Å². The largest absolute Gasteiger partial charge is 0.392 e. The number of aromatic nitrogens is 2. The van der Waals surface area contributed by atoms with E-state index in [0.717, 1.165) is 38.2 Å². The number of rotatable bonds is 7. The lowest BCUT2D eigenvalue weighted by Gasteiger charge is -2.31. The molecule has 1 aromatic carbocycles. The third-order valence-electron chi connectivity index (χ3n) is 4.66. The van der Waals surface area contributed by atoms with Crippen LogP contribution in [0.25, 0.3) is 0 Å². The molecule has 130 valence electrons. The summed E-state index contributed by atoms with van der Waals surface area (Å²) in [5.41, 5.74) is 3.35. The molecule has 3 rings (SSSR count). The number of aryl methyl sites for hydroxylation is 1. The van der Waals surface area contributed by atoms with Gasteiger partial charge in [-0.1, -0.05) is 24.3 Å². The van der Waals surface area contributed by atoms with Crippen LogP contribution in [0.15, 0.2) is 36.7 Å². The molecule has 1 aliphatic heterocycles. The highest BCUT2D eigenvalue weighted by Gasteiger charge is 2.28. The molecule has 0 aliphatic carbocycles. The fraction of sp³-hybridized carbons (Fsp3) is 0.526. The van der Waals surface area contributed by atoms with Crippen molar-refractivity contribution in [2.24, 2.45) is 5.92 Å². The molecule has 1 aliphatic rings. The maximum atomic E-state index is 9.23. The zero-order valence-electron chi connectivity index (χ0n) is 14.3. The molecule has 0 bridgehead atoms. The normalized spacial score (nSPS) is 21.1. The highest BCUT2D eigenvalue weighted by atomic mass is 16.5. The zero-order chi connectivity index (χ0) is 16.8. The smallest absolute Gasteiger partial charge is 0.0895 e. The van der Waals surface area contributed by atoms with Gasteiger partial charge in [0.2, 0.25) is 0 Å². The molecule has 0 amide bonds. The second-order valence-electron chi connectivity index (χ2n) is 6.43. The Morgan fingerprint density at radius 2 is 2.25 bits per heavy atom. The van der Waals surface area contributed by atoms with Crippen molar-refractivity contribution in [2.75, 3.05) is 13.2 Å². The third-order valence-corrected chi connectivity index (χ3v) is 4.66. The molecule has 5 heteroatoms. The van der Waals surface area contributed by atoms with Gasteiger partial charge in [0.05, 0.1) is 18.9 Å². The fourth-order valence-electron chi connectivity index (χ4n) is 3.36. The molecule has 1 fully saturated rings. The Bertz CT molecular complexity index is 641.